The molecule has 0 rings (SSSR count). The van der Waals surface area contributed by atoms with Crippen molar-refractivity contribution in [1.82, 2.24) is 3.28 Å². The summed E-state index contributed by atoms with van der Waals surface area (Å²) in [6.45, 7) is 6.20. The van der Waals surface area contributed by atoms with Crippen LogP contribution >= 0.6 is 0 Å². The van der Waals surface area contributed by atoms with Gasteiger partial charge in [0.1, 0.15) is 0 Å². The monoisotopic (exact) mass is 257 g/mol. The van der Waals surface area contributed by atoms with Crippen molar-refractivity contribution in [2.75, 3.05) is 4.93 Å². The predicted molar refractivity (Wildman–Crippen MR) is 40.1 cm³/mol. The summed E-state index contributed by atoms with van der Waals surface area (Å²) in [5.74, 6) is 0. The second-order valence-corrected chi connectivity index (χ2v) is 4.46. The molecule has 0 heterocycles. The molecular weight excluding hydrogens is 241 g/mol. The van der Waals surface area contributed by atoms with Gasteiger partial charge < -0.3 is 0 Å². The zero-order chi connectivity index (χ0) is 8.20. The van der Waals surface area contributed by atoms with Crippen LogP contribution in [0.1, 0.15) is 33.6 Å². The molecule has 0 aliphatic rings. The Balaban J connectivity index is 4.02. The molecule has 0 aliphatic carbocycles. The van der Waals surface area contributed by atoms with Crippen molar-refractivity contribution < 1.29 is 21.5 Å². The van der Waals surface area contributed by atoms with Crippen LogP contribution in [0.2, 0.25) is 0 Å². The van der Waals surface area contributed by atoms with Crippen LogP contribution in [0.5, 0.6) is 0 Å². The number of hydroxylamine groups is 1. The van der Waals surface area contributed by atoms with Gasteiger partial charge in [-0.2, -0.15) is 0 Å². The second kappa shape index (κ2) is 4.51. The molecule has 0 bridgehead atoms. The van der Waals surface area contributed by atoms with Crippen molar-refractivity contribution in [1.29, 1.82) is 0 Å². The number of nitrogens with zero attached hydrogens (tertiary/aromatic N) is 1. The molecule has 0 unspecified atom stereocenters. The summed E-state index contributed by atoms with van der Waals surface area (Å²) in [4.78, 5) is 2.01. The van der Waals surface area contributed by atoms with Crippen LogP contribution in [0.3, 0.4) is 0 Å². The molecule has 2 nitrogen and oxygen atoms in total. The summed E-state index contributed by atoms with van der Waals surface area (Å²) in [6.07, 6.45) is 1.92. The SMILES string of the molecule is CCC(C)(CC)N([O-])[I-]C. The van der Waals surface area contributed by atoms with Gasteiger partial charge >= 0.3 is 74.0 Å². The Labute approximate surface area is 74.2 Å². The van der Waals surface area contributed by atoms with Gasteiger partial charge in [0.15, 0.2) is 0 Å². The molecule has 0 atom stereocenters. The van der Waals surface area contributed by atoms with Gasteiger partial charge in [0, 0.05) is 0 Å². The maximum absolute atomic E-state index is 11.3. The molecule has 0 amide bonds. The Kier molecular flexibility index (Phi) is 4.81. The first-order valence-corrected chi connectivity index (χ1v) is 6.70. The van der Waals surface area contributed by atoms with Crippen molar-refractivity contribution in [2.45, 2.75) is 39.2 Å². The standard InChI is InChI=1S/C7H16INO/c1-5-7(3,6-2)9(10)8-4/h5-6H2,1-4H3/q-2. The maximum atomic E-state index is 11.3. The topological polar surface area (TPSA) is 26.3 Å². The fraction of sp³-hybridized carbons (Fsp3) is 1.00. The van der Waals surface area contributed by atoms with E-state index in [9.17, 15) is 5.21 Å². The third-order valence-corrected chi connectivity index (χ3v) is 4.14. The summed E-state index contributed by atoms with van der Waals surface area (Å²) < 4.78 is 1.28. The molecule has 0 aliphatic heterocycles. The van der Waals surface area contributed by atoms with Gasteiger partial charge in [0.25, 0.3) is 0 Å². The fourth-order valence-electron chi connectivity index (χ4n) is 0.703. The summed E-state index contributed by atoms with van der Waals surface area (Å²) in [5, 5.41) is 11.3. The summed E-state index contributed by atoms with van der Waals surface area (Å²) in [7, 11) is 0. The summed E-state index contributed by atoms with van der Waals surface area (Å²) >= 11 is -0.280. The number of halogens is 1. The average molecular weight is 257 g/mol. The van der Waals surface area contributed by atoms with E-state index in [0.29, 0.717) is 0 Å². The Morgan fingerprint density at radius 1 is 1.40 bits per heavy atom. The van der Waals surface area contributed by atoms with E-state index in [1.807, 2.05) is 11.9 Å². The second-order valence-electron chi connectivity index (χ2n) is 2.62. The quantitative estimate of drug-likeness (QED) is 0.279. The number of alkyl halides is 1. The number of hydrogen-bond acceptors (Lipinski definition) is 2. The van der Waals surface area contributed by atoms with Gasteiger partial charge in [-0.05, 0) is 0 Å². The van der Waals surface area contributed by atoms with E-state index in [1.54, 1.807) is 0 Å². The third kappa shape index (κ3) is 2.36. The molecule has 0 N–H and O–H groups in total. The van der Waals surface area contributed by atoms with Gasteiger partial charge in [-0.25, -0.2) is 0 Å². The van der Waals surface area contributed by atoms with E-state index in [-0.39, 0.29) is 27.0 Å². The molecule has 3 heteroatoms. The van der Waals surface area contributed by atoms with Crippen LogP contribution in [0, 0.1) is 5.21 Å². The molecule has 0 aromatic rings. The molecule has 0 spiro atoms. The Bertz CT molecular complexity index is 93.6. The van der Waals surface area contributed by atoms with Crippen LogP contribution in [0.25, 0.3) is 0 Å². The molecular formula is C7H16INO-2. The van der Waals surface area contributed by atoms with Gasteiger partial charge in [-0.1, -0.05) is 0 Å². The summed E-state index contributed by atoms with van der Waals surface area (Å²) in [6, 6.07) is 0. The van der Waals surface area contributed by atoms with Crippen LogP contribution in [0.4, 0.5) is 0 Å². The van der Waals surface area contributed by atoms with Crippen molar-refractivity contribution >= 4 is 0 Å². The Morgan fingerprint density at radius 2 is 1.80 bits per heavy atom. The molecule has 0 saturated carbocycles. The number of hydrogen-bond donors (Lipinski definition) is 0. The fourth-order valence-corrected chi connectivity index (χ4v) is 2.55. The molecule has 0 radical (unpaired) electrons. The average Bonchev–Trinajstić information content (AvgIpc) is 2.01. The van der Waals surface area contributed by atoms with Crippen LogP contribution in [-0.4, -0.2) is 13.7 Å². The van der Waals surface area contributed by atoms with E-state index in [0.717, 1.165) is 12.8 Å². The molecule has 0 aromatic carbocycles. The van der Waals surface area contributed by atoms with E-state index in [4.69, 9.17) is 0 Å². The minimum absolute atomic E-state index is 0.0813. The van der Waals surface area contributed by atoms with Crippen LogP contribution in [-0.2, 0) is 0 Å². The van der Waals surface area contributed by atoms with Crippen molar-refractivity contribution in [3.63, 3.8) is 0 Å². The van der Waals surface area contributed by atoms with Gasteiger partial charge in [0.05, 0.1) is 0 Å². The normalized spacial score (nSPS) is 13.0. The van der Waals surface area contributed by atoms with Crippen molar-refractivity contribution in [2.24, 2.45) is 0 Å². The number of rotatable bonds is 4. The molecule has 10 heavy (non-hydrogen) atoms. The van der Waals surface area contributed by atoms with E-state index in [1.165, 1.54) is 3.28 Å². The molecule has 0 saturated heterocycles. The van der Waals surface area contributed by atoms with Crippen LogP contribution < -0.4 is 21.5 Å². The third-order valence-electron chi connectivity index (χ3n) is 2.10. The first-order valence-electron chi connectivity index (χ1n) is 3.57. The van der Waals surface area contributed by atoms with E-state index >= 15 is 0 Å². The predicted octanol–water partition coefficient (Wildman–Crippen LogP) is -1.00. The van der Waals surface area contributed by atoms with Crippen molar-refractivity contribution in [3.8, 4) is 0 Å². The first kappa shape index (κ1) is 10.7. The van der Waals surface area contributed by atoms with E-state index < -0.39 is 0 Å². The summed E-state index contributed by atoms with van der Waals surface area (Å²) in [5.41, 5.74) is -0.0813. The van der Waals surface area contributed by atoms with Gasteiger partial charge in [0.2, 0.25) is 0 Å². The Hall–Kier alpha value is 0.650. The zero-order valence-corrected chi connectivity index (χ0v) is 9.31. The van der Waals surface area contributed by atoms with Crippen molar-refractivity contribution in [3.05, 3.63) is 5.21 Å². The zero-order valence-electron chi connectivity index (χ0n) is 7.15. The molecule has 0 aromatic heterocycles. The van der Waals surface area contributed by atoms with Gasteiger partial charge in [-0.3, -0.25) is 0 Å². The molecule has 0 fully saturated rings. The first-order chi connectivity index (χ1) is 4.60. The minimum atomic E-state index is -0.280. The van der Waals surface area contributed by atoms with Crippen LogP contribution in [0.15, 0.2) is 0 Å². The molecule has 64 valence electrons. The van der Waals surface area contributed by atoms with E-state index in [2.05, 4.69) is 13.8 Å². The van der Waals surface area contributed by atoms with Gasteiger partial charge in [-0.15, -0.1) is 0 Å². The Morgan fingerprint density at radius 3 is 1.90 bits per heavy atom.